The third kappa shape index (κ3) is 3.19. The molecule has 0 unspecified atom stereocenters. The molecule has 0 amide bonds. The molecule has 1 saturated carbocycles. The standard InChI is InChI=1S/C18H21FN2O3/c1-2-24-18(23)16-17(12-7-9-13(19)10-8-12)21(11-20-16)14-5-3-4-6-15(14)22/h7-11,14-15,22H,2-6H2,1H3/t14-,15-/m0/s1. The Balaban J connectivity index is 2.08. The number of aliphatic hydroxyl groups is 1. The zero-order valence-corrected chi connectivity index (χ0v) is 13.6. The van der Waals surface area contributed by atoms with E-state index in [0.717, 1.165) is 25.7 Å². The number of hydrogen-bond donors (Lipinski definition) is 1. The average molecular weight is 332 g/mol. The molecular weight excluding hydrogens is 311 g/mol. The lowest BCUT2D eigenvalue weighted by atomic mass is 9.92. The van der Waals surface area contributed by atoms with Crippen molar-refractivity contribution in [2.45, 2.75) is 44.8 Å². The minimum Gasteiger partial charge on any atom is -0.461 e. The van der Waals surface area contributed by atoms with E-state index in [1.807, 2.05) is 4.57 Å². The largest absolute Gasteiger partial charge is 0.461 e. The number of halogens is 1. The maximum Gasteiger partial charge on any atom is 0.359 e. The smallest absolute Gasteiger partial charge is 0.359 e. The van der Waals surface area contributed by atoms with Gasteiger partial charge in [0.1, 0.15) is 5.82 Å². The molecule has 5 nitrogen and oxygen atoms in total. The molecule has 0 radical (unpaired) electrons. The predicted molar refractivity (Wildman–Crippen MR) is 87.1 cm³/mol. The Hall–Kier alpha value is -2.21. The van der Waals surface area contributed by atoms with Crippen molar-refractivity contribution in [1.29, 1.82) is 0 Å². The van der Waals surface area contributed by atoms with Gasteiger partial charge in [0.2, 0.25) is 0 Å². The Morgan fingerprint density at radius 2 is 2.04 bits per heavy atom. The van der Waals surface area contributed by atoms with Crippen LogP contribution < -0.4 is 0 Å². The zero-order chi connectivity index (χ0) is 17.1. The van der Waals surface area contributed by atoms with Crippen molar-refractivity contribution in [3.05, 3.63) is 42.1 Å². The van der Waals surface area contributed by atoms with Gasteiger partial charge in [-0.05, 0) is 44.0 Å². The fourth-order valence-electron chi connectivity index (χ4n) is 3.27. The van der Waals surface area contributed by atoms with Crippen molar-refractivity contribution in [2.24, 2.45) is 0 Å². The van der Waals surface area contributed by atoms with Gasteiger partial charge >= 0.3 is 5.97 Å². The Kier molecular flexibility index (Phi) is 4.94. The molecule has 1 heterocycles. The Bertz CT molecular complexity index is 712. The second-order valence-corrected chi connectivity index (χ2v) is 6.00. The number of benzene rings is 1. The number of hydrogen-bond acceptors (Lipinski definition) is 4. The molecule has 3 rings (SSSR count). The van der Waals surface area contributed by atoms with Gasteiger partial charge in [-0.15, -0.1) is 0 Å². The highest BCUT2D eigenvalue weighted by molar-refractivity contribution is 5.94. The number of aromatic nitrogens is 2. The summed E-state index contributed by atoms with van der Waals surface area (Å²) in [6, 6.07) is 5.77. The number of carbonyl (C=O) groups is 1. The van der Waals surface area contributed by atoms with Gasteiger partial charge in [-0.1, -0.05) is 12.8 Å². The van der Waals surface area contributed by atoms with Crippen molar-refractivity contribution < 1.29 is 19.0 Å². The summed E-state index contributed by atoms with van der Waals surface area (Å²) in [5.74, 6) is -0.860. The second kappa shape index (κ2) is 7.13. The fraction of sp³-hybridized carbons (Fsp3) is 0.444. The molecule has 1 aliphatic carbocycles. The van der Waals surface area contributed by atoms with Crippen molar-refractivity contribution in [3.63, 3.8) is 0 Å². The van der Waals surface area contributed by atoms with Gasteiger partial charge in [0.05, 0.1) is 30.8 Å². The van der Waals surface area contributed by atoms with Crippen LogP contribution in [0.2, 0.25) is 0 Å². The van der Waals surface area contributed by atoms with E-state index in [9.17, 15) is 14.3 Å². The number of nitrogens with zero attached hydrogens (tertiary/aromatic N) is 2. The minimum absolute atomic E-state index is 0.144. The molecule has 0 saturated heterocycles. The molecule has 1 aliphatic rings. The Labute approximate surface area is 140 Å². The van der Waals surface area contributed by atoms with E-state index in [2.05, 4.69) is 4.98 Å². The van der Waals surface area contributed by atoms with Crippen molar-refractivity contribution in [2.75, 3.05) is 6.61 Å². The van der Waals surface area contributed by atoms with Crippen molar-refractivity contribution in [1.82, 2.24) is 9.55 Å². The van der Waals surface area contributed by atoms with E-state index in [0.29, 0.717) is 11.3 Å². The molecule has 2 aromatic rings. The number of carbonyl (C=O) groups excluding carboxylic acids is 1. The first-order valence-electron chi connectivity index (χ1n) is 8.29. The molecule has 0 aliphatic heterocycles. The van der Waals surface area contributed by atoms with Gasteiger partial charge in [0.25, 0.3) is 0 Å². The molecular formula is C18H21FN2O3. The lowest BCUT2D eigenvalue weighted by Gasteiger charge is -2.30. The molecule has 1 fully saturated rings. The second-order valence-electron chi connectivity index (χ2n) is 6.00. The summed E-state index contributed by atoms with van der Waals surface area (Å²) in [5, 5.41) is 10.4. The summed E-state index contributed by atoms with van der Waals surface area (Å²) < 4.78 is 20.2. The highest BCUT2D eigenvalue weighted by Gasteiger charge is 2.30. The van der Waals surface area contributed by atoms with Gasteiger partial charge in [-0.2, -0.15) is 0 Å². The minimum atomic E-state index is -0.513. The summed E-state index contributed by atoms with van der Waals surface area (Å²) in [4.78, 5) is 16.5. The van der Waals surface area contributed by atoms with Crippen molar-refractivity contribution in [3.8, 4) is 11.3 Å². The van der Waals surface area contributed by atoms with Crippen LogP contribution in [0.25, 0.3) is 11.3 Å². The molecule has 2 atom stereocenters. The Morgan fingerprint density at radius 1 is 1.33 bits per heavy atom. The third-order valence-electron chi connectivity index (χ3n) is 4.43. The van der Waals surface area contributed by atoms with Crippen LogP contribution in [0.1, 0.15) is 49.1 Å². The van der Waals surface area contributed by atoms with Crippen LogP contribution in [-0.4, -0.2) is 33.3 Å². The van der Waals surface area contributed by atoms with Crippen LogP contribution in [0, 0.1) is 5.82 Å². The zero-order valence-electron chi connectivity index (χ0n) is 13.6. The normalized spacial score (nSPS) is 20.8. The van der Waals surface area contributed by atoms with E-state index < -0.39 is 12.1 Å². The number of imidazole rings is 1. The molecule has 0 spiro atoms. The quantitative estimate of drug-likeness (QED) is 0.872. The van der Waals surface area contributed by atoms with Crippen LogP contribution in [0.3, 0.4) is 0 Å². The van der Waals surface area contributed by atoms with E-state index in [1.165, 1.54) is 12.1 Å². The van der Waals surface area contributed by atoms with Gasteiger partial charge in [0, 0.05) is 5.56 Å². The highest BCUT2D eigenvalue weighted by Crippen LogP contribution is 2.34. The number of ether oxygens (including phenoxy) is 1. The summed E-state index contributed by atoms with van der Waals surface area (Å²) in [5.41, 5.74) is 1.44. The fourth-order valence-corrected chi connectivity index (χ4v) is 3.27. The molecule has 24 heavy (non-hydrogen) atoms. The molecule has 0 bridgehead atoms. The lowest BCUT2D eigenvalue weighted by Crippen LogP contribution is -2.27. The molecule has 6 heteroatoms. The number of aliphatic hydroxyl groups excluding tert-OH is 1. The van der Waals surface area contributed by atoms with Crippen LogP contribution >= 0.6 is 0 Å². The summed E-state index contributed by atoms with van der Waals surface area (Å²) in [6.45, 7) is 1.98. The number of rotatable bonds is 4. The summed E-state index contributed by atoms with van der Waals surface area (Å²) in [6.07, 6.45) is 4.63. The first-order valence-corrected chi connectivity index (χ1v) is 8.29. The maximum atomic E-state index is 13.3. The highest BCUT2D eigenvalue weighted by atomic mass is 19.1. The number of esters is 1. The Morgan fingerprint density at radius 3 is 2.71 bits per heavy atom. The van der Waals surface area contributed by atoms with Gasteiger partial charge in [-0.3, -0.25) is 0 Å². The SMILES string of the molecule is CCOC(=O)c1ncn([C@H]2CCCC[C@@H]2O)c1-c1ccc(F)cc1. The molecule has 1 aromatic carbocycles. The van der Waals surface area contributed by atoms with Crippen LogP contribution in [-0.2, 0) is 4.74 Å². The maximum absolute atomic E-state index is 13.3. The first-order chi connectivity index (χ1) is 11.6. The van der Waals surface area contributed by atoms with E-state index in [4.69, 9.17) is 4.74 Å². The monoisotopic (exact) mass is 332 g/mol. The molecule has 1 aromatic heterocycles. The summed E-state index contributed by atoms with van der Waals surface area (Å²) in [7, 11) is 0. The predicted octanol–water partition coefficient (Wildman–Crippen LogP) is 3.34. The first kappa shape index (κ1) is 16.6. The van der Waals surface area contributed by atoms with Crippen LogP contribution in [0.4, 0.5) is 4.39 Å². The van der Waals surface area contributed by atoms with Gasteiger partial charge in [-0.25, -0.2) is 14.2 Å². The summed E-state index contributed by atoms with van der Waals surface area (Å²) >= 11 is 0. The van der Waals surface area contributed by atoms with Crippen molar-refractivity contribution >= 4 is 5.97 Å². The van der Waals surface area contributed by atoms with Gasteiger partial charge in [0.15, 0.2) is 5.69 Å². The van der Waals surface area contributed by atoms with Crippen LogP contribution in [0.15, 0.2) is 30.6 Å². The van der Waals surface area contributed by atoms with Gasteiger partial charge < -0.3 is 14.4 Å². The lowest BCUT2D eigenvalue weighted by molar-refractivity contribution is 0.0519. The third-order valence-corrected chi connectivity index (χ3v) is 4.43. The molecule has 1 N–H and O–H groups in total. The average Bonchev–Trinajstić information content (AvgIpc) is 3.01. The van der Waals surface area contributed by atoms with E-state index in [-0.39, 0.29) is 24.2 Å². The van der Waals surface area contributed by atoms with E-state index in [1.54, 1.807) is 25.4 Å². The van der Waals surface area contributed by atoms with E-state index >= 15 is 0 Å². The van der Waals surface area contributed by atoms with Crippen LogP contribution in [0.5, 0.6) is 0 Å². The molecule has 128 valence electrons. The topological polar surface area (TPSA) is 64.3 Å².